The highest BCUT2D eigenvalue weighted by molar-refractivity contribution is 5.42. The Balaban J connectivity index is 1.98. The van der Waals surface area contributed by atoms with Gasteiger partial charge in [0.2, 0.25) is 0 Å². The number of rotatable bonds is 4. The van der Waals surface area contributed by atoms with Crippen molar-refractivity contribution in [1.29, 1.82) is 5.26 Å². The van der Waals surface area contributed by atoms with Gasteiger partial charge in [0.15, 0.2) is 0 Å². The van der Waals surface area contributed by atoms with Crippen LogP contribution in [0.5, 0.6) is 5.75 Å². The van der Waals surface area contributed by atoms with Gasteiger partial charge >= 0.3 is 0 Å². The van der Waals surface area contributed by atoms with Gasteiger partial charge in [-0.1, -0.05) is 13.8 Å². The molecule has 20 heavy (non-hydrogen) atoms. The first kappa shape index (κ1) is 14.9. The van der Waals surface area contributed by atoms with Gasteiger partial charge in [-0.3, -0.25) is 0 Å². The zero-order chi connectivity index (χ0) is 14.5. The van der Waals surface area contributed by atoms with Crippen molar-refractivity contribution in [2.24, 2.45) is 11.8 Å². The maximum atomic E-state index is 9.00. The van der Waals surface area contributed by atoms with E-state index >= 15 is 0 Å². The van der Waals surface area contributed by atoms with Gasteiger partial charge in [0, 0.05) is 18.2 Å². The van der Waals surface area contributed by atoms with Crippen LogP contribution in [0, 0.1) is 23.2 Å². The van der Waals surface area contributed by atoms with Gasteiger partial charge in [0.25, 0.3) is 0 Å². The highest BCUT2D eigenvalue weighted by Gasteiger charge is 2.24. The fourth-order valence-corrected chi connectivity index (χ4v) is 2.97. The lowest BCUT2D eigenvalue weighted by molar-refractivity contribution is 0.225. The summed E-state index contributed by atoms with van der Waals surface area (Å²) in [5, 5.41) is 12.6. The molecule has 0 heterocycles. The highest BCUT2D eigenvalue weighted by atomic mass is 16.5. The lowest BCUT2D eigenvalue weighted by Crippen LogP contribution is -2.35. The summed E-state index contributed by atoms with van der Waals surface area (Å²) in [6.07, 6.45) is 3.78. The number of nitrogens with zero attached hydrogens (tertiary/aromatic N) is 1. The topological polar surface area (TPSA) is 45.0 Å². The molecule has 3 nitrogen and oxygen atoms in total. The van der Waals surface area contributed by atoms with E-state index in [1.165, 1.54) is 19.3 Å². The summed E-state index contributed by atoms with van der Waals surface area (Å²) in [6.45, 7) is 5.46. The zero-order valence-electron chi connectivity index (χ0n) is 12.6. The molecule has 1 aromatic rings. The molecule has 1 aliphatic carbocycles. The summed E-state index contributed by atoms with van der Waals surface area (Å²) in [4.78, 5) is 0. The molecular formula is C17H24N2O. The summed E-state index contributed by atoms with van der Waals surface area (Å²) in [7, 11) is 1.68. The molecule has 1 saturated carbocycles. The third-order valence-corrected chi connectivity index (χ3v) is 4.59. The predicted molar refractivity (Wildman–Crippen MR) is 80.5 cm³/mol. The Labute approximate surface area is 121 Å². The highest BCUT2D eigenvalue weighted by Crippen LogP contribution is 2.29. The number of ether oxygens (including phenoxy) is 1. The molecular weight excluding hydrogens is 248 g/mol. The summed E-state index contributed by atoms with van der Waals surface area (Å²) >= 11 is 0. The second-order valence-electron chi connectivity index (χ2n) is 5.98. The Bertz CT molecular complexity index is 492. The van der Waals surface area contributed by atoms with Crippen LogP contribution in [0.1, 0.15) is 44.2 Å². The third kappa shape index (κ3) is 3.52. The van der Waals surface area contributed by atoms with Gasteiger partial charge in [0.1, 0.15) is 5.75 Å². The van der Waals surface area contributed by atoms with E-state index < -0.39 is 0 Å². The molecule has 1 fully saturated rings. The Morgan fingerprint density at radius 1 is 1.30 bits per heavy atom. The van der Waals surface area contributed by atoms with Crippen LogP contribution in [0.25, 0.3) is 0 Å². The van der Waals surface area contributed by atoms with E-state index in [1.807, 2.05) is 12.1 Å². The van der Waals surface area contributed by atoms with E-state index in [-0.39, 0.29) is 0 Å². The van der Waals surface area contributed by atoms with Crippen LogP contribution in [0.4, 0.5) is 0 Å². The number of nitrogens with one attached hydrogen (secondary N) is 1. The van der Waals surface area contributed by atoms with Gasteiger partial charge in [0.05, 0.1) is 18.7 Å². The molecule has 0 amide bonds. The summed E-state index contributed by atoms with van der Waals surface area (Å²) in [5.74, 6) is 2.48. The number of methoxy groups -OCH3 is 1. The van der Waals surface area contributed by atoms with Crippen LogP contribution in [-0.4, -0.2) is 13.2 Å². The van der Waals surface area contributed by atoms with E-state index in [1.54, 1.807) is 13.2 Å². The van der Waals surface area contributed by atoms with Gasteiger partial charge in [-0.15, -0.1) is 0 Å². The molecule has 0 aliphatic heterocycles. The van der Waals surface area contributed by atoms with Crippen molar-refractivity contribution in [3.8, 4) is 11.8 Å². The predicted octanol–water partition coefficient (Wildman–Crippen LogP) is 3.48. The first-order chi connectivity index (χ1) is 9.63. The summed E-state index contributed by atoms with van der Waals surface area (Å²) in [5.41, 5.74) is 1.76. The monoisotopic (exact) mass is 272 g/mol. The average Bonchev–Trinajstić information content (AvgIpc) is 2.48. The minimum atomic E-state index is 0.580. The maximum Gasteiger partial charge on any atom is 0.123 e. The van der Waals surface area contributed by atoms with Crippen molar-refractivity contribution >= 4 is 0 Å². The van der Waals surface area contributed by atoms with Crippen molar-refractivity contribution in [1.82, 2.24) is 5.32 Å². The fraction of sp³-hybridized carbons (Fsp3) is 0.588. The molecule has 1 aliphatic rings. The van der Waals surface area contributed by atoms with Gasteiger partial charge in [-0.05, 0) is 49.3 Å². The maximum absolute atomic E-state index is 9.00. The first-order valence-electron chi connectivity index (χ1n) is 7.44. The molecule has 1 N–H and O–H groups in total. The average molecular weight is 272 g/mol. The SMILES string of the molecule is COc1ccc(C#N)cc1CNC1CCC(C)C(C)C1. The molecule has 1 aromatic carbocycles. The molecule has 108 valence electrons. The minimum Gasteiger partial charge on any atom is -0.496 e. The van der Waals surface area contributed by atoms with Crippen LogP contribution < -0.4 is 10.1 Å². The number of hydrogen-bond acceptors (Lipinski definition) is 3. The number of benzene rings is 1. The molecule has 3 atom stereocenters. The Morgan fingerprint density at radius 2 is 2.10 bits per heavy atom. The Kier molecular flexibility index (Phi) is 5.03. The van der Waals surface area contributed by atoms with Crippen molar-refractivity contribution < 1.29 is 4.74 Å². The standard InChI is InChI=1S/C17H24N2O/c1-12-4-6-16(8-13(12)2)19-11-15-9-14(10-18)5-7-17(15)20-3/h5,7,9,12-13,16,19H,4,6,8,11H2,1-3H3. The van der Waals surface area contributed by atoms with Crippen LogP contribution in [0.3, 0.4) is 0 Å². The first-order valence-corrected chi connectivity index (χ1v) is 7.44. The summed E-state index contributed by atoms with van der Waals surface area (Å²) < 4.78 is 5.37. The van der Waals surface area contributed by atoms with E-state index in [0.717, 1.165) is 29.7 Å². The second kappa shape index (κ2) is 6.76. The van der Waals surface area contributed by atoms with Crippen LogP contribution in [0.2, 0.25) is 0 Å². The molecule has 0 saturated heterocycles. The molecule has 0 spiro atoms. The Morgan fingerprint density at radius 3 is 2.75 bits per heavy atom. The lowest BCUT2D eigenvalue weighted by atomic mass is 9.79. The number of hydrogen-bond donors (Lipinski definition) is 1. The second-order valence-corrected chi connectivity index (χ2v) is 5.98. The Hall–Kier alpha value is -1.53. The van der Waals surface area contributed by atoms with E-state index in [2.05, 4.69) is 25.2 Å². The van der Waals surface area contributed by atoms with Crippen molar-refractivity contribution in [2.75, 3.05) is 7.11 Å². The molecule has 0 radical (unpaired) electrons. The van der Waals surface area contributed by atoms with Crippen molar-refractivity contribution in [2.45, 2.75) is 45.7 Å². The zero-order valence-corrected chi connectivity index (χ0v) is 12.6. The third-order valence-electron chi connectivity index (χ3n) is 4.59. The van der Waals surface area contributed by atoms with Crippen molar-refractivity contribution in [3.05, 3.63) is 29.3 Å². The van der Waals surface area contributed by atoms with E-state index in [9.17, 15) is 0 Å². The van der Waals surface area contributed by atoms with Crippen LogP contribution >= 0.6 is 0 Å². The van der Waals surface area contributed by atoms with Crippen LogP contribution in [0.15, 0.2) is 18.2 Å². The molecule has 3 heteroatoms. The van der Waals surface area contributed by atoms with E-state index in [0.29, 0.717) is 11.6 Å². The normalized spacial score (nSPS) is 26.0. The molecule has 3 unspecified atom stereocenters. The quantitative estimate of drug-likeness (QED) is 0.912. The van der Waals surface area contributed by atoms with Crippen LogP contribution in [-0.2, 0) is 6.54 Å². The smallest absolute Gasteiger partial charge is 0.123 e. The van der Waals surface area contributed by atoms with Gasteiger partial charge in [-0.25, -0.2) is 0 Å². The fourth-order valence-electron chi connectivity index (χ4n) is 2.97. The van der Waals surface area contributed by atoms with Crippen molar-refractivity contribution in [3.63, 3.8) is 0 Å². The van der Waals surface area contributed by atoms with Gasteiger partial charge in [-0.2, -0.15) is 5.26 Å². The van der Waals surface area contributed by atoms with Gasteiger partial charge < -0.3 is 10.1 Å². The number of nitriles is 1. The molecule has 0 bridgehead atoms. The largest absolute Gasteiger partial charge is 0.496 e. The van der Waals surface area contributed by atoms with E-state index in [4.69, 9.17) is 10.00 Å². The summed E-state index contributed by atoms with van der Waals surface area (Å²) in [6, 6.07) is 8.36. The minimum absolute atomic E-state index is 0.580. The lowest BCUT2D eigenvalue weighted by Gasteiger charge is -2.32. The molecule has 0 aromatic heterocycles. The molecule has 2 rings (SSSR count).